The van der Waals surface area contributed by atoms with Crippen LogP contribution in [-0.4, -0.2) is 10.9 Å². The van der Waals surface area contributed by atoms with Gasteiger partial charge in [0.2, 0.25) is 5.91 Å². The molecular weight excluding hydrogens is 224 g/mol. The van der Waals surface area contributed by atoms with Gasteiger partial charge in [0, 0.05) is 12.6 Å². The highest BCUT2D eigenvalue weighted by Gasteiger charge is 2.21. The number of nitrogens with one attached hydrogen (secondary N) is 1. The first-order valence-corrected chi connectivity index (χ1v) is 5.95. The summed E-state index contributed by atoms with van der Waals surface area (Å²) in [5.74, 6) is 0.610. The maximum absolute atomic E-state index is 11.7. The molecule has 1 aliphatic rings. The number of aryl methyl sites for hydroxylation is 1. The third-order valence-electron chi connectivity index (χ3n) is 3.08. The van der Waals surface area contributed by atoms with Gasteiger partial charge < -0.3 is 5.32 Å². The average Bonchev–Trinajstić information content (AvgIpc) is 2.18. The molecule has 0 unspecified atom stereocenters. The lowest BCUT2D eigenvalue weighted by Crippen LogP contribution is -2.21. The molecule has 1 fully saturated rings. The maximum Gasteiger partial charge on any atom is 0.224 e. The summed E-state index contributed by atoms with van der Waals surface area (Å²) in [6, 6.07) is 1.84. The Balaban J connectivity index is 1.99. The summed E-state index contributed by atoms with van der Waals surface area (Å²) < 4.78 is 0. The van der Waals surface area contributed by atoms with Gasteiger partial charge in [0.05, 0.1) is 5.69 Å². The number of rotatable bonds is 3. The number of pyridine rings is 1. The van der Waals surface area contributed by atoms with E-state index in [1.807, 2.05) is 13.0 Å². The second-order valence-corrected chi connectivity index (χ2v) is 4.70. The predicted octanol–water partition coefficient (Wildman–Crippen LogP) is 3.17. The van der Waals surface area contributed by atoms with E-state index in [1.54, 1.807) is 6.20 Å². The average molecular weight is 239 g/mol. The van der Waals surface area contributed by atoms with Crippen LogP contribution in [0, 0.1) is 12.8 Å². The topological polar surface area (TPSA) is 42.0 Å². The van der Waals surface area contributed by atoms with Crippen molar-refractivity contribution in [3.05, 3.63) is 23.0 Å². The fraction of sp³-hybridized carbons (Fsp3) is 0.500. The maximum atomic E-state index is 11.7. The molecule has 16 heavy (non-hydrogen) atoms. The predicted molar refractivity (Wildman–Crippen MR) is 64.6 cm³/mol. The molecule has 2 rings (SSSR count). The highest BCUT2D eigenvalue weighted by atomic mass is 35.5. The first-order valence-electron chi connectivity index (χ1n) is 5.58. The number of amides is 1. The Hall–Kier alpha value is -1.09. The normalized spacial score (nSPS) is 15.6. The number of carbonyl (C=O) groups excluding carboxylic acids is 1. The zero-order valence-corrected chi connectivity index (χ0v) is 10.0. The van der Waals surface area contributed by atoms with Gasteiger partial charge in [0.15, 0.2) is 5.15 Å². The lowest BCUT2D eigenvalue weighted by Gasteiger charge is -2.24. The van der Waals surface area contributed by atoms with Crippen LogP contribution in [0.2, 0.25) is 5.15 Å². The van der Waals surface area contributed by atoms with Crippen molar-refractivity contribution in [3.63, 3.8) is 0 Å². The van der Waals surface area contributed by atoms with Crippen LogP contribution < -0.4 is 5.32 Å². The zero-order chi connectivity index (χ0) is 11.5. The smallest absolute Gasteiger partial charge is 0.224 e. The van der Waals surface area contributed by atoms with Gasteiger partial charge in [-0.1, -0.05) is 18.0 Å². The lowest BCUT2D eigenvalue weighted by molar-refractivity contribution is -0.117. The molecule has 1 aliphatic carbocycles. The molecule has 0 saturated heterocycles. The van der Waals surface area contributed by atoms with Crippen molar-refractivity contribution in [3.8, 4) is 0 Å². The first kappa shape index (κ1) is 11.4. The number of carbonyl (C=O) groups is 1. The minimum atomic E-state index is 0.0442. The molecule has 0 spiro atoms. The lowest BCUT2D eigenvalue weighted by atomic mass is 9.83. The van der Waals surface area contributed by atoms with E-state index in [0.717, 1.165) is 5.56 Å². The van der Waals surface area contributed by atoms with Crippen molar-refractivity contribution >= 4 is 23.2 Å². The van der Waals surface area contributed by atoms with E-state index >= 15 is 0 Å². The summed E-state index contributed by atoms with van der Waals surface area (Å²) in [5, 5.41) is 3.21. The molecular formula is C12H15ClN2O. The second kappa shape index (κ2) is 4.83. The summed E-state index contributed by atoms with van der Waals surface area (Å²) >= 11 is 5.93. The van der Waals surface area contributed by atoms with Gasteiger partial charge >= 0.3 is 0 Å². The minimum absolute atomic E-state index is 0.0442. The van der Waals surface area contributed by atoms with Crippen LogP contribution in [-0.2, 0) is 4.79 Å². The molecule has 3 nitrogen and oxygen atoms in total. The van der Waals surface area contributed by atoms with Gasteiger partial charge in [-0.3, -0.25) is 4.79 Å². The van der Waals surface area contributed by atoms with Gasteiger partial charge in [-0.15, -0.1) is 0 Å². The standard InChI is InChI=1S/C12H15ClN2O/c1-8-5-6-14-12(13)11(8)15-10(16)7-9-3-2-4-9/h5-6,9H,2-4,7H2,1H3,(H,15,16). The van der Waals surface area contributed by atoms with Crippen molar-refractivity contribution in [1.29, 1.82) is 0 Å². The molecule has 1 aromatic rings. The number of hydrogen-bond acceptors (Lipinski definition) is 2. The van der Waals surface area contributed by atoms with Crippen LogP contribution in [0.5, 0.6) is 0 Å². The highest BCUT2D eigenvalue weighted by molar-refractivity contribution is 6.32. The number of halogens is 1. The Kier molecular flexibility index (Phi) is 3.44. The number of nitrogens with zero attached hydrogens (tertiary/aromatic N) is 1. The van der Waals surface area contributed by atoms with Crippen LogP contribution in [0.4, 0.5) is 5.69 Å². The van der Waals surface area contributed by atoms with Crippen LogP contribution in [0.25, 0.3) is 0 Å². The van der Waals surface area contributed by atoms with Crippen LogP contribution in [0.1, 0.15) is 31.2 Å². The third kappa shape index (κ3) is 2.53. The molecule has 0 aromatic carbocycles. The van der Waals surface area contributed by atoms with Gasteiger partial charge in [-0.25, -0.2) is 4.98 Å². The molecule has 86 valence electrons. The number of aromatic nitrogens is 1. The fourth-order valence-electron chi connectivity index (χ4n) is 1.82. The van der Waals surface area contributed by atoms with Crippen molar-refractivity contribution in [2.75, 3.05) is 5.32 Å². The molecule has 1 heterocycles. The number of hydrogen-bond donors (Lipinski definition) is 1. The van der Waals surface area contributed by atoms with E-state index in [9.17, 15) is 4.79 Å². The Morgan fingerprint density at radius 2 is 2.38 bits per heavy atom. The van der Waals surface area contributed by atoms with E-state index in [1.165, 1.54) is 19.3 Å². The van der Waals surface area contributed by atoms with Crippen molar-refractivity contribution in [2.24, 2.45) is 5.92 Å². The molecule has 1 amide bonds. The largest absolute Gasteiger partial charge is 0.323 e. The van der Waals surface area contributed by atoms with Gasteiger partial charge in [-0.05, 0) is 37.3 Å². The Bertz CT molecular complexity index is 382. The van der Waals surface area contributed by atoms with Gasteiger partial charge in [0.25, 0.3) is 0 Å². The quantitative estimate of drug-likeness (QED) is 0.822. The summed E-state index contributed by atoms with van der Waals surface area (Å²) in [4.78, 5) is 15.7. The van der Waals surface area contributed by atoms with E-state index in [0.29, 0.717) is 23.2 Å². The van der Waals surface area contributed by atoms with Crippen LogP contribution in [0.3, 0.4) is 0 Å². The molecule has 0 aliphatic heterocycles. The van der Waals surface area contributed by atoms with E-state index in [2.05, 4.69) is 10.3 Å². The Labute approximate surface area is 100 Å². The summed E-state index contributed by atoms with van der Waals surface area (Å²) in [5.41, 5.74) is 1.59. The summed E-state index contributed by atoms with van der Waals surface area (Å²) in [6.45, 7) is 1.91. The first-order chi connectivity index (χ1) is 7.66. The van der Waals surface area contributed by atoms with Gasteiger partial charge in [-0.2, -0.15) is 0 Å². The molecule has 0 bridgehead atoms. The summed E-state index contributed by atoms with van der Waals surface area (Å²) in [6.07, 6.45) is 5.84. The highest BCUT2D eigenvalue weighted by Crippen LogP contribution is 2.30. The van der Waals surface area contributed by atoms with Crippen LogP contribution >= 0.6 is 11.6 Å². The van der Waals surface area contributed by atoms with Crippen molar-refractivity contribution in [1.82, 2.24) is 4.98 Å². The van der Waals surface area contributed by atoms with E-state index in [4.69, 9.17) is 11.6 Å². The monoisotopic (exact) mass is 238 g/mol. The Morgan fingerprint density at radius 1 is 1.62 bits per heavy atom. The van der Waals surface area contributed by atoms with Crippen LogP contribution in [0.15, 0.2) is 12.3 Å². The molecule has 1 aromatic heterocycles. The van der Waals surface area contributed by atoms with Crippen molar-refractivity contribution < 1.29 is 4.79 Å². The molecule has 0 atom stereocenters. The van der Waals surface area contributed by atoms with E-state index in [-0.39, 0.29) is 5.91 Å². The second-order valence-electron chi connectivity index (χ2n) is 4.34. The van der Waals surface area contributed by atoms with Gasteiger partial charge in [0.1, 0.15) is 0 Å². The SMILES string of the molecule is Cc1ccnc(Cl)c1NC(=O)CC1CCC1. The number of anilines is 1. The zero-order valence-electron chi connectivity index (χ0n) is 9.29. The molecule has 1 saturated carbocycles. The third-order valence-corrected chi connectivity index (χ3v) is 3.36. The fourth-order valence-corrected chi connectivity index (χ4v) is 2.08. The molecule has 0 radical (unpaired) electrons. The Morgan fingerprint density at radius 3 is 2.94 bits per heavy atom. The van der Waals surface area contributed by atoms with Crippen molar-refractivity contribution in [2.45, 2.75) is 32.6 Å². The molecule has 1 N–H and O–H groups in total. The summed E-state index contributed by atoms with van der Waals surface area (Å²) in [7, 11) is 0. The van der Waals surface area contributed by atoms with E-state index < -0.39 is 0 Å². The molecule has 4 heteroatoms. The minimum Gasteiger partial charge on any atom is -0.323 e.